The summed E-state index contributed by atoms with van der Waals surface area (Å²) >= 11 is 0. The molecule has 1 aliphatic rings. The minimum atomic E-state index is -0.121. The summed E-state index contributed by atoms with van der Waals surface area (Å²) in [5.74, 6) is -0.117. The van der Waals surface area contributed by atoms with Crippen molar-refractivity contribution in [1.82, 2.24) is 19.5 Å². The van der Waals surface area contributed by atoms with Crippen molar-refractivity contribution in [2.45, 2.75) is 52.0 Å². The number of nitrogens with one attached hydrogen (secondary N) is 1. The number of amides is 1. The molecule has 6 heteroatoms. The molecule has 0 unspecified atom stereocenters. The van der Waals surface area contributed by atoms with E-state index in [-0.39, 0.29) is 18.0 Å². The van der Waals surface area contributed by atoms with Gasteiger partial charge >= 0.3 is 0 Å². The predicted octanol–water partition coefficient (Wildman–Crippen LogP) is 1.29. The summed E-state index contributed by atoms with van der Waals surface area (Å²) in [6, 6.07) is 0. The zero-order valence-electron chi connectivity index (χ0n) is 13.0. The summed E-state index contributed by atoms with van der Waals surface area (Å²) in [5.41, 5.74) is 2.62. The van der Waals surface area contributed by atoms with Crippen molar-refractivity contribution >= 4 is 11.4 Å². The molecule has 118 valence electrons. The maximum Gasteiger partial charge on any atom is 0.277 e. The Bertz CT molecular complexity index is 744. The highest BCUT2D eigenvalue weighted by atomic mass is 16.2. The largest absolute Gasteiger partial charge is 0.355 e. The first-order valence-electron chi connectivity index (χ1n) is 8.07. The molecule has 2 heterocycles. The summed E-state index contributed by atoms with van der Waals surface area (Å²) in [4.78, 5) is 24.6. The molecule has 0 aliphatic heterocycles. The average molecular weight is 302 g/mol. The minimum Gasteiger partial charge on any atom is -0.355 e. The van der Waals surface area contributed by atoms with Crippen LogP contribution in [0.15, 0.2) is 17.2 Å². The molecular formula is C16H22N4O2. The second-order valence-corrected chi connectivity index (χ2v) is 5.86. The van der Waals surface area contributed by atoms with E-state index in [1.807, 2.05) is 0 Å². The van der Waals surface area contributed by atoms with E-state index in [4.69, 9.17) is 0 Å². The molecule has 0 radical (unpaired) electrons. The highest BCUT2D eigenvalue weighted by Gasteiger charge is 2.19. The minimum absolute atomic E-state index is 0.0685. The zero-order valence-corrected chi connectivity index (χ0v) is 13.0. The number of unbranched alkanes of at least 4 members (excludes halogenated alkanes) is 1. The van der Waals surface area contributed by atoms with Crippen molar-refractivity contribution in [2.24, 2.45) is 0 Å². The van der Waals surface area contributed by atoms with Gasteiger partial charge in [0.2, 0.25) is 5.91 Å². The van der Waals surface area contributed by atoms with Gasteiger partial charge in [0.05, 0.1) is 5.69 Å². The van der Waals surface area contributed by atoms with Crippen molar-refractivity contribution < 1.29 is 4.79 Å². The van der Waals surface area contributed by atoms with Gasteiger partial charge in [-0.3, -0.25) is 9.59 Å². The van der Waals surface area contributed by atoms with Crippen LogP contribution in [0.2, 0.25) is 0 Å². The summed E-state index contributed by atoms with van der Waals surface area (Å²) in [6.07, 6.45) is 9.48. The number of nitrogens with zero attached hydrogens (tertiary/aromatic N) is 3. The summed E-state index contributed by atoms with van der Waals surface area (Å²) < 4.78 is 3.15. The second kappa shape index (κ2) is 6.34. The van der Waals surface area contributed by atoms with Gasteiger partial charge in [-0.2, -0.15) is 5.10 Å². The van der Waals surface area contributed by atoms with Crippen molar-refractivity contribution in [2.75, 3.05) is 6.54 Å². The Hall–Kier alpha value is -2.11. The van der Waals surface area contributed by atoms with Crippen LogP contribution in [0.3, 0.4) is 0 Å². The van der Waals surface area contributed by atoms with E-state index in [9.17, 15) is 9.59 Å². The fraction of sp³-hybridized carbons (Fsp3) is 0.562. The molecule has 0 saturated carbocycles. The Balaban J connectivity index is 1.87. The maximum absolute atomic E-state index is 12.6. The first-order chi connectivity index (χ1) is 10.7. The van der Waals surface area contributed by atoms with E-state index >= 15 is 0 Å². The number of aryl methyl sites for hydroxylation is 2. The lowest BCUT2D eigenvalue weighted by Gasteiger charge is -2.09. The maximum atomic E-state index is 12.6. The molecule has 0 spiro atoms. The molecule has 22 heavy (non-hydrogen) atoms. The van der Waals surface area contributed by atoms with Crippen LogP contribution in [0.25, 0.3) is 5.52 Å². The van der Waals surface area contributed by atoms with E-state index in [0.29, 0.717) is 12.1 Å². The Kier molecular flexibility index (Phi) is 4.27. The van der Waals surface area contributed by atoms with E-state index < -0.39 is 0 Å². The number of rotatable bonds is 5. The standard InChI is InChI=1S/C16H22N4O2/c1-2-3-8-17-14(21)11-19-9-10-20-15(16(19)22)12-6-4-5-7-13(12)18-20/h9-10H,2-8,11H2,1H3,(H,17,21). The topological polar surface area (TPSA) is 68.4 Å². The molecule has 2 aromatic rings. The van der Waals surface area contributed by atoms with Crippen LogP contribution >= 0.6 is 0 Å². The van der Waals surface area contributed by atoms with Crippen LogP contribution < -0.4 is 10.9 Å². The lowest BCUT2D eigenvalue weighted by molar-refractivity contribution is -0.121. The van der Waals surface area contributed by atoms with Gasteiger partial charge in [-0.25, -0.2) is 4.52 Å². The molecule has 1 amide bonds. The molecule has 1 aliphatic carbocycles. The van der Waals surface area contributed by atoms with Gasteiger partial charge in [0.15, 0.2) is 0 Å². The Morgan fingerprint density at radius 1 is 1.32 bits per heavy atom. The van der Waals surface area contributed by atoms with Crippen molar-refractivity contribution in [3.05, 3.63) is 34.0 Å². The monoisotopic (exact) mass is 302 g/mol. The summed E-state index contributed by atoms with van der Waals surface area (Å²) in [6.45, 7) is 2.81. The van der Waals surface area contributed by atoms with Crippen LogP contribution in [0, 0.1) is 0 Å². The highest BCUT2D eigenvalue weighted by Crippen LogP contribution is 2.22. The van der Waals surface area contributed by atoms with Gasteiger partial charge < -0.3 is 9.88 Å². The molecule has 1 N–H and O–H groups in total. The molecule has 0 fully saturated rings. The second-order valence-electron chi connectivity index (χ2n) is 5.86. The Morgan fingerprint density at radius 3 is 2.95 bits per heavy atom. The number of carbonyl (C=O) groups is 1. The number of hydrogen-bond acceptors (Lipinski definition) is 3. The van der Waals surface area contributed by atoms with E-state index in [2.05, 4.69) is 17.3 Å². The van der Waals surface area contributed by atoms with Gasteiger partial charge in [-0.1, -0.05) is 13.3 Å². The van der Waals surface area contributed by atoms with Crippen LogP contribution in [0.5, 0.6) is 0 Å². The zero-order chi connectivity index (χ0) is 15.5. The Labute approximate surface area is 129 Å². The third-order valence-electron chi connectivity index (χ3n) is 4.20. The van der Waals surface area contributed by atoms with Gasteiger partial charge in [-0.15, -0.1) is 0 Å². The van der Waals surface area contributed by atoms with Crippen LogP contribution in [-0.2, 0) is 24.2 Å². The van der Waals surface area contributed by atoms with Gasteiger partial charge in [0, 0.05) is 24.5 Å². The lowest BCUT2D eigenvalue weighted by Crippen LogP contribution is -2.33. The highest BCUT2D eigenvalue weighted by molar-refractivity contribution is 5.75. The number of carbonyl (C=O) groups excluding carboxylic acids is 1. The molecule has 0 atom stereocenters. The predicted molar refractivity (Wildman–Crippen MR) is 84.0 cm³/mol. The number of hydrogen-bond donors (Lipinski definition) is 1. The fourth-order valence-electron chi connectivity index (χ4n) is 3.00. The van der Waals surface area contributed by atoms with Crippen LogP contribution in [-0.4, -0.2) is 26.6 Å². The summed E-state index contributed by atoms with van der Waals surface area (Å²) in [7, 11) is 0. The van der Waals surface area contributed by atoms with Crippen molar-refractivity contribution in [3.63, 3.8) is 0 Å². The van der Waals surface area contributed by atoms with E-state index in [1.54, 1.807) is 16.9 Å². The van der Waals surface area contributed by atoms with E-state index in [0.717, 1.165) is 49.8 Å². The lowest BCUT2D eigenvalue weighted by atomic mass is 9.97. The van der Waals surface area contributed by atoms with E-state index in [1.165, 1.54) is 4.57 Å². The van der Waals surface area contributed by atoms with Gasteiger partial charge in [0.25, 0.3) is 5.56 Å². The molecule has 2 aromatic heterocycles. The van der Waals surface area contributed by atoms with Gasteiger partial charge in [-0.05, 0) is 32.1 Å². The average Bonchev–Trinajstić information content (AvgIpc) is 2.89. The van der Waals surface area contributed by atoms with Gasteiger partial charge in [0.1, 0.15) is 12.1 Å². The normalized spacial score (nSPS) is 14.0. The quantitative estimate of drug-likeness (QED) is 0.846. The molecule has 0 aromatic carbocycles. The third-order valence-corrected chi connectivity index (χ3v) is 4.20. The van der Waals surface area contributed by atoms with Crippen LogP contribution in [0.4, 0.5) is 0 Å². The number of fused-ring (bicyclic) bond motifs is 3. The molecule has 0 saturated heterocycles. The van der Waals surface area contributed by atoms with Crippen LogP contribution in [0.1, 0.15) is 43.9 Å². The SMILES string of the molecule is CCCCNC(=O)Cn1ccn2nc3c(c2c1=O)CCCC3. The van der Waals surface area contributed by atoms with Crippen molar-refractivity contribution in [1.29, 1.82) is 0 Å². The molecule has 3 rings (SSSR count). The molecular weight excluding hydrogens is 280 g/mol. The third kappa shape index (κ3) is 2.77. The molecule has 0 bridgehead atoms. The molecule has 6 nitrogen and oxygen atoms in total. The summed E-state index contributed by atoms with van der Waals surface area (Å²) in [5, 5.41) is 7.34. The first kappa shape index (κ1) is 14.8. The Morgan fingerprint density at radius 2 is 2.14 bits per heavy atom. The smallest absolute Gasteiger partial charge is 0.277 e. The fourth-order valence-corrected chi connectivity index (χ4v) is 3.00. The first-order valence-corrected chi connectivity index (χ1v) is 8.07. The number of aromatic nitrogens is 3. The van der Waals surface area contributed by atoms with Crippen molar-refractivity contribution in [3.8, 4) is 0 Å².